The average molecular weight is 181 g/mol. The number of hydrogen-bond acceptors (Lipinski definition) is 2. The van der Waals surface area contributed by atoms with Crippen LogP contribution < -0.4 is 0 Å². The summed E-state index contributed by atoms with van der Waals surface area (Å²) in [5.41, 5.74) is -0.120. The van der Waals surface area contributed by atoms with E-state index in [2.05, 4.69) is 11.8 Å². The van der Waals surface area contributed by atoms with Crippen LogP contribution in [0.5, 0.6) is 0 Å². The minimum Gasteiger partial charge on any atom is -0.396 e. The van der Waals surface area contributed by atoms with Crippen molar-refractivity contribution in [3.8, 4) is 11.8 Å². The molecule has 1 saturated heterocycles. The van der Waals surface area contributed by atoms with Crippen LogP contribution in [0.4, 0.5) is 0 Å². The van der Waals surface area contributed by atoms with Crippen LogP contribution in [0, 0.1) is 17.3 Å². The molecule has 1 fully saturated rings. The summed E-state index contributed by atoms with van der Waals surface area (Å²) in [6.07, 6.45) is 0.862. The molecule has 1 rings (SSSR count). The first-order chi connectivity index (χ1) is 6.11. The zero-order valence-corrected chi connectivity index (χ0v) is 8.13. The van der Waals surface area contributed by atoms with Crippen LogP contribution in [0.1, 0.15) is 20.3 Å². The number of hydrogen-bond donors (Lipinski definition) is 1. The number of aliphatic hydroxyl groups excluding tert-OH is 1. The van der Waals surface area contributed by atoms with E-state index in [4.69, 9.17) is 5.11 Å². The normalized spacial score (nSPS) is 26.8. The topological polar surface area (TPSA) is 40.5 Å². The third-order valence-electron chi connectivity index (χ3n) is 2.46. The summed E-state index contributed by atoms with van der Waals surface area (Å²) in [6.45, 7) is 5.11. The summed E-state index contributed by atoms with van der Waals surface area (Å²) in [6, 6.07) is 0. The highest BCUT2D eigenvalue weighted by Crippen LogP contribution is 2.28. The fourth-order valence-electron chi connectivity index (χ4n) is 1.51. The highest BCUT2D eigenvalue weighted by molar-refractivity contribution is 5.93. The average Bonchev–Trinajstić information content (AvgIpc) is 2.50. The lowest BCUT2D eigenvalue weighted by molar-refractivity contribution is -0.124. The highest BCUT2D eigenvalue weighted by atomic mass is 16.3. The summed E-state index contributed by atoms with van der Waals surface area (Å²) in [4.78, 5) is 13.0. The van der Waals surface area contributed by atoms with Crippen molar-refractivity contribution in [2.75, 3.05) is 19.7 Å². The Hall–Kier alpha value is -1.01. The molecule has 0 aromatic rings. The molecule has 0 aromatic heterocycles. The fourth-order valence-corrected chi connectivity index (χ4v) is 1.51. The van der Waals surface area contributed by atoms with Gasteiger partial charge in [-0.2, -0.15) is 0 Å². The second-order valence-corrected chi connectivity index (χ2v) is 3.82. The number of carbonyl (C=O) groups excluding carboxylic acids is 1. The van der Waals surface area contributed by atoms with Crippen LogP contribution in [0.15, 0.2) is 0 Å². The van der Waals surface area contributed by atoms with Crippen LogP contribution in [0.2, 0.25) is 0 Å². The van der Waals surface area contributed by atoms with E-state index in [-0.39, 0.29) is 17.9 Å². The standard InChI is InChI=1S/C10H15NO2/c1-3-4-9(13)11-6-5-10(2,7-11)8-12/h12H,5-8H2,1-2H3. The minimum atomic E-state index is -0.125. The van der Waals surface area contributed by atoms with Crippen molar-refractivity contribution in [2.45, 2.75) is 20.3 Å². The van der Waals surface area contributed by atoms with E-state index >= 15 is 0 Å². The maximum Gasteiger partial charge on any atom is 0.298 e. The van der Waals surface area contributed by atoms with Gasteiger partial charge in [0.25, 0.3) is 5.91 Å². The van der Waals surface area contributed by atoms with Crippen molar-refractivity contribution < 1.29 is 9.90 Å². The van der Waals surface area contributed by atoms with Gasteiger partial charge in [0, 0.05) is 18.5 Å². The second kappa shape index (κ2) is 3.80. The lowest BCUT2D eigenvalue weighted by Gasteiger charge is -2.20. The van der Waals surface area contributed by atoms with Crippen molar-refractivity contribution in [3.63, 3.8) is 0 Å². The van der Waals surface area contributed by atoms with Gasteiger partial charge >= 0.3 is 0 Å². The fraction of sp³-hybridized carbons (Fsp3) is 0.700. The molecule has 1 amide bonds. The van der Waals surface area contributed by atoms with Gasteiger partial charge in [0.1, 0.15) is 0 Å². The van der Waals surface area contributed by atoms with Crippen molar-refractivity contribution >= 4 is 5.91 Å². The molecule has 72 valence electrons. The van der Waals surface area contributed by atoms with Gasteiger partial charge in [0.05, 0.1) is 6.61 Å². The van der Waals surface area contributed by atoms with Crippen molar-refractivity contribution in [3.05, 3.63) is 0 Å². The van der Waals surface area contributed by atoms with Crippen LogP contribution >= 0.6 is 0 Å². The number of aliphatic hydroxyl groups is 1. The van der Waals surface area contributed by atoms with E-state index in [1.165, 1.54) is 0 Å². The molecule has 0 bridgehead atoms. The van der Waals surface area contributed by atoms with E-state index in [9.17, 15) is 4.79 Å². The minimum absolute atomic E-state index is 0.120. The molecule has 1 unspecified atom stereocenters. The Bertz CT molecular complexity index is 264. The summed E-state index contributed by atoms with van der Waals surface area (Å²) in [5, 5.41) is 9.08. The number of rotatable bonds is 1. The van der Waals surface area contributed by atoms with Crippen LogP contribution in [0.25, 0.3) is 0 Å². The molecule has 3 nitrogen and oxygen atoms in total. The van der Waals surface area contributed by atoms with Gasteiger partial charge in [-0.15, -0.1) is 0 Å². The van der Waals surface area contributed by atoms with E-state index in [1.54, 1.807) is 11.8 Å². The van der Waals surface area contributed by atoms with Gasteiger partial charge in [0.15, 0.2) is 0 Å². The third kappa shape index (κ3) is 2.22. The molecule has 3 heteroatoms. The highest BCUT2D eigenvalue weighted by Gasteiger charge is 2.34. The van der Waals surface area contributed by atoms with Gasteiger partial charge in [-0.05, 0) is 19.3 Å². The summed E-state index contributed by atoms with van der Waals surface area (Å²) < 4.78 is 0. The van der Waals surface area contributed by atoms with Gasteiger partial charge in [-0.25, -0.2) is 0 Å². The van der Waals surface area contributed by atoms with Gasteiger partial charge in [-0.1, -0.05) is 12.8 Å². The molecule has 0 saturated carbocycles. The van der Waals surface area contributed by atoms with Crippen LogP contribution in [-0.4, -0.2) is 35.6 Å². The molecule has 1 aliphatic rings. The van der Waals surface area contributed by atoms with Crippen LogP contribution in [-0.2, 0) is 4.79 Å². The Kier molecular flexibility index (Phi) is 2.94. The first-order valence-corrected chi connectivity index (χ1v) is 4.44. The Morgan fingerprint density at radius 3 is 2.85 bits per heavy atom. The molecular weight excluding hydrogens is 166 g/mol. The number of carbonyl (C=O) groups is 1. The zero-order chi connectivity index (χ0) is 9.90. The molecule has 1 N–H and O–H groups in total. The molecular formula is C10H15NO2. The number of nitrogens with zero attached hydrogens (tertiary/aromatic N) is 1. The molecule has 0 radical (unpaired) electrons. The number of amides is 1. The Morgan fingerprint density at radius 2 is 2.38 bits per heavy atom. The summed E-state index contributed by atoms with van der Waals surface area (Å²) >= 11 is 0. The maximum absolute atomic E-state index is 11.3. The third-order valence-corrected chi connectivity index (χ3v) is 2.46. The summed E-state index contributed by atoms with van der Waals surface area (Å²) in [7, 11) is 0. The molecule has 1 aliphatic heterocycles. The Labute approximate surface area is 78.7 Å². The maximum atomic E-state index is 11.3. The van der Waals surface area contributed by atoms with Gasteiger partial charge < -0.3 is 10.0 Å². The number of likely N-dealkylation sites (tertiary alicyclic amines) is 1. The van der Waals surface area contributed by atoms with Crippen molar-refractivity contribution in [1.82, 2.24) is 4.90 Å². The lowest BCUT2D eigenvalue weighted by Crippen LogP contribution is -2.31. The van der Waals surface area contributed by atoms with Crippen LogP contribution in [0.3, 0.4) is 0 Å². The van der Waals surface area contributed by atoms with Gasteiger partial charge in [-0.3, -0.25) is 4.79 Å². The SMILES string of the molecule is CC#CC(=O)N1CCC(C)(CO)C1. The molecule has 1 atom stereocenters. The van der Waals surface area contributed by atoms with E-state index < -0.39 is 0 Å². The molecule has 13 heavy (non-hydrogen) atoms. The molecule has 0 aromatic carbocycles. The molecule has 1 heterocycles. The second-order valence-electron chi connectivity index (χ2n) is 3.82. The molecule has 0 spiro atoms. The molecule has 0 aliphatic carbocycles. The Balaban J connectivity index is 2.58. The lowest BCUT2D eigenvalue weighted by atomic mass is 9.91. The quantitative estimate of drug-likeness (QED) is 0.589. The van der Waals surface area contributed by atoms with E-state index in [1.807, 2.05) is 6.92 Å². The summed E-state index contributed by atoms with van der Waals surface area (Å²) in [5.74, 6) is 4.97. The predicted octanol–water partition coefficient (Wildman–Crippen LogP) is 0.241. The van der Waals surface area contributed by atoms with Gasteiger partial charge in [0.2, 0.25) is 0 Å². The van der Waals surface area contributed by atoms with Crippen molar-refractivity contribution in [1.29, 1.82) is 0 Å². The van der Waals surface area contributed by atoms with E-state index in [0.717, 1.165) is 6.42 Å². The zero-order valence-electron chi connectivity index (χ0n) is 8.13. The Morgan fingerprint density at radius 1 is 1.69 bits per heavy atom. The monoisotopic (exact) mass is 181 g/mol. The first-order valence-electron chi connectivity index (χ1n) is 4.44. The van der Waals surface area contributed by atoms with Crippen molar-refractivity contribution in [2.24, 2.45) is 5.41 Å². The largest absolute Gasteiger partial charge is 0.396 e. The first kappa shape index (κ1) is 10.1. The smallest absolute Gasteiger partial charge is 0.298 e. The predicted molar refractivity (Wildman–Crippen MR) is 49.8 cm³/mol. The van der Waals surface area contributed by atoms with E-state index in [0.29, 0.717) is 13.1 Å².